The van der Waals surface area contributed by atoms with E-state index in [0.29, 0.717) is 29.2 Å². The number of hydrogen-bond acceptors (Lipinski definition) is 4. The largest absolute Gasteiger partial charge is 0.355 e. The maximum Gasteiger partial charge on any atom is 0.264 e. The van der Waals surface area contributed by atoms with Gasteiger partial charge in [-0.15, -0.1) is 0 Å². The second-order valence-electron chi connectivity index (χ2n) is 9.08. The molecule has 7 nitrogen and oxygen atoms in total. The van der Waals surface area contributed by atoms with E-state index >= 15 is 0 Å². The summed E-state index contributed by atoms with van der Waals surface area (Å²) in [4.78, 5) is 28.5. The molecule has 1 atom stereocenters. The van der Waals surface area contributed by atoms with Gasteiger partial charge < -0.3 is 10.2 Å². The molecule has 3 aromatic rings. The van der Waals surface area contributed by atoms with E-state index in [1.54, 1.807) is 43.3 Å². The molecule has 0 heterocycles. The van der Waals surface area contributed by atoms with E-state index in [2.05, 4.69) is 5.32 Å². The van der Waals surface area contributed by atoms with Gasteiger partial charge in [0.05, 0.1) is 10.6 Å². The van der Waals surface area contributed by atoms with E-state index in [9.17, 15) is 18.0 Å². The predicted octanol–water partition coefficient (Wildman–Crippen LogP) is 5.10. The van der Waals surface area contributed by atoms with Crippen molar-refractivity contribution in [2.45, 2.75) is 51.6 Å². The van der Waals surface area contributed by atoms with Gasteiger partial charge in [-0.1, -0.05) is 66.6 Å². The third kappa shape index (κ3) is 6.94. The van der Waals surface area contributed by atoms with E-state index < -0.39 is 28.5 Å². The van der Waals surface area contributed by atoms with Crippen molar-refractivity contribution in [3.05, 3.63) is 94.5 Å². The SMILES string of the molecule is CCNC(=O)[C@H](CC)N(Cc1ccc(C)cc1)C(=O)CN(c1ccc(Cl)cc1C)S(=O)(=O)c1ccccc1. The first-order valence-electron chi connectivity index (χ1n) is 12.5. The van der Waals surface area contributed by atoms with Crippen LogP contribution in [-0.4, -0.2) is 44.3 Å². The normalized spacial score (nSPS) is 12.0. The summed E-state index contributed by atoms with van der Waals surface area (Å²) in [5.41, 5.74) is 2.85. The van der Waals surface area contributed by atoms with E-state index in [1.165, 1.54) is 17.0 Å². The maximum atomic E-state index is 14.0. The Morgan fingerprint density at radius 2 is 1.61 bits per heavy atom. The Bertz CT molecular complexity index is 1360. The Balaban J connectivity index is 2.08. The number of nitrogens with zero attached hydrogens (tertiary/aromatic N) is 2. The third-order valence-electron chi connectivity index (χ3n) is 6.25. The fraction of sp³-hybridized carbons (Fsp3) is 0.310. The van der Waals surface area contributed by atoms with Crippen LogP contribution in [0.25, 0.3) is 0 Å². The third-order valence-corrected chi connectivity index (χ3v) is 8.26. The summed E-state index contributed by atoms with van der Waals surface area (Å²) in [5.74, 6) is -0.770. The molecule has 0 aliphatic rings. The summed E-state index contributed by atoms with van der Waals surface area (Å²) >= 11 is 6.15. The van der Waals surface area contributed by atoms with Gasteiger partial charge in [0.1, 0.15) is 12.6 Å². The molecule has 0 spiro atoms. The van der Waals surface area contributed by atoms with E-state index in [0.717, 1.165) is 15.4 Å². The average molecular weight is 556 g/mol. The smallest absolute Gasteiger partial charge is 0.264 e. The second kappa shape index (κ2) is 12.9. The zero-order chi connectivity index (χ0) is 27.9. The number of aryl methyl sites for hydroxylation is 2. The molecule has 2 amide bonds. The molecule has 0 saturated carbocycles. The van der Waals surface area contributed by atoms with Gasteiger partial charge in [-0.05, 0) is 68.7 Å². The number of amides is 2. The average Bonchev–Trinajstić information content (AvgIpc) is 2.89. The molecule has 0 fully saturated rings. The fourth-order valence-electron chi connectivity index (χ4n) is 4.23. The highest BCUT2D eigenvalue weighted by atomic mass is 35.5. The Kier molecular flexibility index (Phi) is 9.94. The van der Waals surface area contributed by atoms with Crippen LogP contribution in [0.4, 0.5) is 5.69 Å². The van der Waals surface area contributed by atoms with Crippen molar-refractivity contribution >= 4 is 39.1 Å². The minimum Gasteiger partial charge on any atom is -0.355 e. The van der Waals surface area contributed by atoms with Crippen molar-refractivity contribution in [2.75, 3.05) is 17.4 Å². The van der Waals surface area contributed by atoms with Crippen LogP contribution in [0.15, 0.2) is 77.7 Å². The molecular weight excluding hydrogens is 522 g/mol. The topological polar surface area (TPSA) is 86.8 Å². The van der Waals surface area contributed by atoms with E-state index in [4.69, 9.17) is 11.6 Å². The number of anilines is 1. The second-order valence-corrected chi connectivity index (χ2v) is 11.4. The quantitative estimate of drug-likeness (QED) is 0.357. The van der Waals surface area contributed by atoms with Crippen LogP contribution < -0.4 is 9.62 Å². The summed E-state index contributed by atoms with van der Waals surface area (Å²) in [6.45, 7) is 7.45. The summed E-state index contributed by atoms with van der Waals surface area (Å²) in [6, 6.07) is 19.7. The van der Waals surface area contributed by atoms with Gasteiger partial charge in [-0.3, -0.25) is 13.9 Å². The zero-order valence-corrected chi connectivity index (χ0v) is 23.7. The Morgan fingerprint density at radius 1 is 0.947 bits per heavy atom. The van der Waals surface area contributed by atoms with Gasteiger partial charge >= 0.3 is 0 Å². The van der Waals surface area contributed by atoms with Gasteiger partial charge in [0, 0.05) is 18.1 Å². The molecule has 3 aromatic carbocycles. The fourth-order valence-corrected chi connectivity index (χ4v) is 5.96. The summed E-state index contributed by atoms with van der Waals surface area (Å²) in [7, 11) is -4.12. The lowest BCUT2D eigenvalue weighted by Gasteiger charge is -2.33. The van der Waals surface area contributed by atoms with Crippen LogP contribution in [0.3, 0.4) is 0 Å². The number of carbonyl (C=O) groups is 2. The van der Waals surface area contributed by atoms with Gasteiger partial charge in [0.25, 0.3) is 10.0 Å². The number of likely N-dealkylation sites (N-methyl/N-ethyl adjacent to an activating group) is 1. The van der Waals surface area contributed by atoms with Crippen molar-refractivity contribution in [1.82, 2.24) is 10.2 Å². The first-order valence-corrected chi connectivity index (χ1v) is 14.4. The minimum absolute atomic E-state index is 0.0583. The highest BCUT2D eigenvalue weighted by molar-refractivity contribution is 7.92. The lowest BCUT2D eigenvalue weighted by molar-refractivity contribution is -0.140. The van der Waals surface area contributed by atoms with E-state index in [1.807, 2.05) is 45.0 Å². The van der Waals surface area contributed by atoms with Gasteiger partial charge in [0.2, 0.25) is 11.8 Å². The molecule has 202 valence electrons. The lowest BCUT2D eigenvalue weighted by atomic mass is 10.1. The monoisotopic (exact) mass is 555 g/mol. The van der Waals surface area contributed by atoms with Crippen LogP contribution >= 0.6 is 11.6 Å². The molecule has 0 bridgehead atoms. The van der Waals surface area contributed by atoms with Crippen LogP contribution in [0, 0.1) is 13.8 Å². The predicted molar refractivity (Wildman–Crippen MR) is 152 cm³/mol. The molecule has 38 heavy (non-hydrogen) atoms. The Hall–Kier alpha value is -3.36. The number of hydrogen-bond donors (Lipinski definition) is 1. The van der Waals surface area contributed by atoms with Gasteiger partial charge in [0.15, 0.2) is 0 Å². The van der Waals surface area contributed by atoms with Crippen molar-refractivity contribution in [3.8, 4) is 0 Å². The van der Waals surface area contributed by atoms with Crippen molar-refractivity contribution in [1.29, 1.82) is 0 Å². The molecule has 0 aliphatic heterocycles. The molecule has 1 N–H and O–H groups in total. The molecule has 3 rings (SSSR count). The van der Waals surface area contributed by atoms with Crippen LogP contribution in [-0.2, 0) is 26.2 Å². The molecule has 9 heteroatoms. The standard InChI is InChI=1S/C29H34ClN3O4S/c1-5-26(29(35)31-6-2)32(19-23-14-12-21(3)13-15-23)28(34)20-33(27-17-16-24(30)18-22(27)4)38(36,37)25-10-8-7-9-11-25/h7-18,26H,5-6,19-20H2,1-4H3,(H,31,35)/t26-/m0/s1. The molecule has 0 saturated heterocycles. The van der Waals surface area contributed by atoms with Crippen molar-refractivity contribution in [2.24, 2.45) is 0 Å². The molecular formula is C29H34ClN3O4S. The maximum absolute atomic E-state index is 14.0. The Morgan fingerprint density at radius 3 is 2.18 bits per heavy atom. The molecule has 0 aromatic heterocycles. The number of carbonyl (C=O) groups excluding carboxylic acids is 2. The van der Waals surface area contributed by atoms with Crippen molar-refractivity contribution < 1.29 is 18.0 Å². The first-order chi connectivity index (χ1) is 18.1. The minimum atomic E-state index is -4.12. The number of sulfonamides is 1. The van der Waals surface area contributed by atoms with Crippen LogP contribution in [0.1, 0.15) is 37.0 Å². The van der Waals surface area contributed by atoms with Gasteiger partial charge in [-0.2, -0.15) is 0 Å². The highest BCUT2D eigenvalue weighted by Crippen LogP contribution is 2.29. The summed E-state index contributed by atoms with van der Waals surface area (Å²) in [6.07, 6.45) is 0.370. The van der Waals surface area contributed by atoms with E-state index in [-0.39, 0.29) is 17.3 Å². The number of rotatable bonds is 11. The Labute approximate surface area is 230 Å². The molecule has 0 aliphatic carbocycles. The van der Waals surface area contributed by atoms with Gasteiger partial charge in [-0.25, -0.2) is 8.42 Å². The highest BCUT2D eigenvalue weighted by Gasteiger charge is 2.34. The zero-order valence-electron chi connectivity index (χ0n) is 22.1. The lowest BCUT2D eigenvalue weighted by Crippen LogP contribution is -2.52. The summed E-state index contributed by atoms with van der Waals surface area (Å²) < 4.78 is 28.8. The summed E-state index contributed by atoms with van der Waals surface area (Å²) in [5, 5.41) is 3.26. The first kappa shape index (κ1) is 29.2. The molecule has 0 radical (unpaired) electrons. The van der Waals surface area contributed by atoms with Crippen LogP contribution in [0.5, 0.6) is 0 Å². The number of halogens is 1. The van der Waals surface area contributed by atoms with Crippen molar-refractivity contribution in [3.63, 3.8) is 0 Å². The number of benzene rings is 3. The molecule has 0 unspecified atom stereocenters. The van der Waals surface area contributed by atoms with Crippen LogP contribution in [0.2, 0.25) is 5.02 Å². The number of nitrogens with one attached hydrogen (secondary N) is 1.